The maximum absolute atomic E-state index is 12.6. The van der Waals surface area contributed by atoms with Gasteiger partial charge in [0.15, 0.2) is 11.5 Å². The molecule has 1 saturated heterocycles. The Morgan fingerprint density at radius 3 is 2.88 bits per heavy atom. The van der Waals surface area contributed by atoms with Gasteiger partial charge in [-0.25, -0.2) is 0 Å². The van der Waals surface area contributed by atoms with Crippen molar-refractivity contribution in [3.8, 4) is 11.5 Å². The van der Waals surface area contributed by atoms with E-state index in [1.54, 1.807) is 18.2 Å². The van der Waals surface area contributed by atoms with Crippen LogP contribution in [0.1, 0.15) is 30.7 Å². The highest BCUT2D eigenvalue weighted by atomic mass is 19.3. The van der Waals surface area contributed by atoms with Crippen molar-refractivity contribution in [2.24, 2.45) is 11.0 Å². The first-order chi connectivity index (χ1) is 11.7. The first-order valence-corrected chi connectivity index (χ1v) is 8.11. The average molecular weight is 338 g/mol. The number of benzene rings is 1. The fourth-order valence-electron chi connectivity index (χ4n) is 2.92. The third kappa shape index (κ3) is 4.49. The Morgan fingerprint density at radius 1 is 1.33 bits per heavy atom. The maximum Gasteiger partial charge on any atom is 0.387 e. The van der Waals surface area contributed by atoms with Gasteiger partial charge in [-0.05, 0) is 54.3 Å². The minimum atomic E-state index is -2.87. The van der Waals surface area contributed by atoms with Crippen LogP contribution in [-0.4, -0.2) is 32.3 Å². The molecule has 1 aliphatic carbocycles. The Bertz CT molecular complexity index is 618. The summed E-state index contributed by atoms with van der Waals surface area (Å²) in [6.45, 7) is -1.18. The molecule has 1 aliphatic heterocycles. The highest BCUT2D eigenvalue weighted by molar-refractivity contribution is 5.44. The van der Waals surface area contributed by atoms with Crippen LogP contribution in [0.25, 0.3) is 10.4 Å². The van der Waals surface area contributed by atoms with Crippen LogP contribution < -0.4 is 14.8 Å². The fourth-order valence-corrected chi connectivity index (χ4v) is 2.92. The Kier molecular flexibility index (Phi) is 5.37. The number of halogens is 2. The summed E-state index contributed by atoms with van der Waals surface area (Å²) in [5.41, 5.74) is 9.41. The molecule has 1 saturated carbocycles. The monoisotopic (exact) mass is 338 g/mol. The Morgan fingerprint density at radius 2 is 2.17 bits per heavy atom. The molecular weight excluding hydrogens is 318 g/mol. The van der Waals surface area contributed by atoms with E-state index >= 15 is 0 Å². The van der Waals surface area contributed by atoms with Crippen molar-refractivity contribution in [3.63, 3.8) is 0 Å². The van der Waals surface area contributed by atoms with Crippen LogP contribution >= 0.6 is 0 Å². The van der Waals surface area contributed by atoms with Crippen LogP contribution in [0.5, 0.6) is 11.5 Å². The van der Waals surface area contributed by atoms with E-state index in [4.69, 9.17) is 10.3 Å². The van der Waals surface area contributed by atoms with Crippen LogP contribution in [0.4, 0.5) is 8.78 Å². The van der Waals surface area contributed by atoms with Gasteiger partial charge in [0.05, 0.1) is 6.61 Å². The fraction of sp³-hybridized carbons (Fsp3) is 0.625. The van der Waals surface area contributed by atoms with E-state index in [0.29, 0.717) is 24.8 Å². The van der Waals surface area contributed by atoms with Crippen molar-refractivity contribution in [1.29, 1.82) is 0 Å². The third-order valence-corrected chi connectivity index (χ3v) is 4.41. The van der Waals surface area contributed by atoms with Gasteiger partial charge in [0, 0.05) is 24.0 Å². The molecule has 3 rings (SSSR count). The lowest BCUT2D eigenvalue weighted by Gasteiger charge is -2.16. The van der Waals surface area contributed by atoms with Gasteiger partial charge >= 0.3 is 6.61 Å². The molecule has 2 fully saturated rings. The van der Waals surface area contributed by atoms with Gasteiger partial charge < -0.3 is 14.8 Å². The summed E-state index contributed by atoms with van der Waals surface area (Å²) in [5, 5.41) is 6.90. The third-order valence-electron chi connectivity index (χ3n) is 4.41. The summed E-state index contributed by atoms with van der Waals surface area (Å²) in [4.78, 5) is 2.77. The minimum absolute atomic E-state index is 0.0750. The zero-order valence-electron chi connectivity index (χ0n) is 13.2. The second-order valence-corrected chi connectivity index (χ2v) is 6.29. The second kappa shape index (κ2) is 7.68. The molecule has 0 bridgehead atoms. The first kappa shape index (κ1) is 16.8. The van der Waals surface area contributed by atoms with Crippen LogP contribution in [0.3, 0.4) is 0 Å². The number of ether oxygens (including phenoxy) is 2. The predicted molar refractivity (Wildman–Crippen MR) is 84.5 cm³/mol. The molecule has 1 aromatic rings. The normalized spacial score (nSPS) is 23.1. The van der Waals surface area contributed by atoms with Crippen molar-refractivity contribution in [2.45, 2.75) is 37.8 Å². The zero-order valence-corrected chi connectivity index (χ0v) is 13.2. The second-order valence-electron chi connectivity index (χ2n) is 6.29. The lowest BCUT2D eigenvalue weighted by molar-refractivity contribution is -0.0515. The smallest absolute Gasteiger partial charge is 0.387 e. The summed E-state index contributed by atoms with van der Waals surface area (Å²) in [5.74, 6) is 1.20. The van der Waals surface area contributed by atoms with Crippen molar-refractivity contribution in [1.82, 2.24) is 5.32 Å². The molecule has 2 aliphatic rings. The average Bonchev–Trinajstić information content (AvgIpc) is 3.27. The zero-order chi connectivity index (χ0) is 16.9. The highest BCUT2D eigenvalue weighted by Gasteiger charge is 2.27. The molecule has 24 heavy (non-hydrogen) atoms. The molecule has 2 unspecified atom stereocenters. The minimum Gasteiger partial charge on any atom is -0.489 e. The standard InChI is InChI=1S/C16H20F2N4O2/c17-16(18)24-14-4-3-11(6-15(14)23-9-10-1-2-10)12-5-13(20-7-12)8-21-22-19/h3-4,6,10,12-13,16,20H,1-2,5,7-9H2. The molecule has 8 heteroatoms. The molecule has 0 radical (unpaired) electrons. The van der Waals surface area contributed by atoms with Gasteiger partial charge in [0.2, 0.25) is 0 Å². The van der Waals surface area contributed by atoms with Gasteiger partial charge in [-0.15, -0.1) is 0 Å². The van der Waals surface area contributed by atoms with Crippen molar-refractivity contribution in [2.75, 3.05) is 19.7 Å². The molecule has 2 atom stereocenters. The topological polar surface area (TPSA) is 79.3 Å². The Hall–Kier alpha value is -2.05. The largest absolute Gasteiger partial charge is 0.489 e. The van der Waals surface area contributed by atoms with E-state index in [2.05, 4.69) is 20.1 Å². The SMILES string of the molecule is [N-]=[N+]=NCC1CC(c2ccc(OC(F)F)c(OCC3CC3)c2)CN1. The van der Waals surface area contributed by atoms with Gasteiger partial charge in [-0.1, -0.05) is 11.2 Å². The molecule has 1 heterocycles. The summed E-state index contributed by atoms with van der Waals surface area (Å²) in [6, 6.07) is 5.27. The summed E-state index contributed by atoms with van der Waals surface area (Å²) in [6.07, 6.45) is 3.08. The molecule has 1 N–H and O–H groups in total. The molecular formula is C16H20F2N4O2. The molecule has 130 valence electrons. The number of rotatable bonds is 8. The summed E-state index contributed by atoms with van der Waals surface area (Å²) in [7, 11) is 0. The van der Waals surface area contributed by atoms with Crippen LogP contribution in [-0.2, 0) is 0 Å². The van der Waals surface area contributed by atoms with E-state index in [1.807, 2.05) is 0 Å². The number of alkyl halides is 2. The number of hydrogen-bond acceptors (Lipinski definition) is 4. The summed E-state index contributed by atoms with van der Waals surface area (Å²) < 4.78 is 35.4. The van der Waals surface area contributed by atoms with Gasteiger partial charge in [0.1, 0.15) is 0 Å². The van der Waals surface area contributed by atoms with Crippen LogP contribution in [0.2, 0.25) is 0 Å². The lowest BCUT2D eigenvalue weighted by Crippen LogP contribution is -2.23. The molecule has 0 amide bonds. The highest BCUT2D eigenvalue weighted by Crippen LogP contribution is 2.37. The Balaban J connectivity index is 1.70. The number of nitrogens with zero attached hydrogens (tertiary/aromatic N) is 3. The Labute approximate surface area is 138 Å². The molecule has 0 aromatic heterocycles. The van der Waals surface area contributed by atoms with Crippen LogP contribution in [0.15, 0.2) is 23.3 Å². The molecule has 0 spiro atoms. The van der Waals surface area contributed by atoms with E-state index in [1.165, 1.54) is 0 Å². The quantitative estimate of drug-likeness (QED) is 0.444. The van der Waals surface area contributed by atoms with Gasteiger partial charge in [-0.2, -0.15) is 8.78 Å². The van der Waals surface area contributed by atoms with Crippen molar-refractivity contribution < 1.29 is 18.3 Å². The lowest BCUT2D eigenvalue weighted by atomic mass is 9.96. The number of hydrogen-bond donors (Lipinski definition) is 1. The van der Waals surface area contributed by atoms with Crippen LogP contribution in [0, 0.1) is 5.92 Å². The maximum atomic E-state index is 12.6. The number of azide groups is 1. The van der Waals surface area contributed by atoms with E-state index in [0.717, 1.165) is 31.4 Å². The molecule has 6 nitrogen and oxygen atoms in total. The molecule has 1 aromatic carbocycles. The first-order valence-electron chi connectivity index (χ1n) is 8.11. The predicted octanol–water partition coefficient (Wildman–Crippen LogP) is 3.83. The van der Waals surface area contributed by atoms with Gasteiger partial charge in [-0.3, -0.25) is 0 Å². The summed E-state index contributed by atoms with van der Waals surface area (Å²) >= 11 is 0. The van der Waals surface area contributed by atoms with Crippen molar-refractivity contribution in [3.05, 3.63) is 34.2 Å². The van der Waals surface area contributed by atoms with Crippen molar-refractivity contribution >= 4 is 0 Å². The van der Waals surface area contributed by atoms with E-state index in [-0.39, 0.29) is 17.7 Å². The van der Waals surface area contributed by atoms with E-state index in [9.17, 15) is 8.78 Å². The van der Waals surface area contributed by atoms with Gasteiger partial charge in [0.25, 0.3) is 0 Å². The number of nitrogens with one attached hydrogen (secondary N) is 1. The van der Waals surface area contributed by atoms with E-state index < -0.39 is 6.61 Å².